The lowest BCUT2D eigenvalue weighted by atomic mass is 10.1. The molecule has 0 bridgehead atoms. The zero-order chi connectivity index (χ0) is 24.9. The zero-order valence-electron chi connectivity index (χ0n) is 19.3. The summed E-state index contributed by atoms with van der Waals surface area (Å²) in [5, 5.41) is 0.860. The number of halogens is 2. The third kappa shape index (κ3) is 5.84. The van der Waals surface area contributed by atoms with Gasteiger partial charge in [0.15, 0.2) is 4.32 Å². The van der Waals surface area contributed by atoms with Gasteiger partial charge in [0.05, 0.1) is 15.6 Å². The molecule has 0 saturated carbocycles. The molecular weight excluding hydrogens is 519 g/mol. The Hall–Kier alpha value is -2.51. The highest BCUT2D eigenvalue weighted by molar-refractivity contribution is 8.27. The maximum atomic E-state index is 13.3. The fourth-order valence-electron chi connectivity index (χ4n) is 3.77. The molecule has 35 heavy (non-hydrogen) atoms. The first kappa shape index (κ1) is 25.6. The molecule has 1 fully saturated rings. The highest BCUT2D eigenvalue weighted by Crippen LogP contribution is 2.40. The average molecular weight is 544 g/mol. The second-order valence-electron chi connectivity index (χ2n) is 7.78. The summed E-state index contributed by atoms with van der Waals surface area (Å²) in [5.74, 6) is 0.471. The van der Waals surface area contributed by atoms with Gasteiger partial charge in [-0.1, -0.05) is 77.5 Å². The summed E-state index contributed by atoms with van der Waals surface area (Å²) in [6.07, 6.45) is 1.83. The number of ether oxygens (including phenoxy) is 1. The molecule has 3 aromatic rings. The first-order valence-corrected chi connectivity index (χ1v) is 13.2. The molecule has 0 spiro atoms. The van der Waals surface area contributed by atoms with Crippen LogP contribution in [0.2, 0.25) is 10.0 Å². The van der Waals surface area contributed by atoms with E-state index < -0.39 is 0 Å². The summed E-state index contributed by atoms with van der Waals surface area (Å²) in [6, 6.07) is 21.0. The number of anilines is 2. The quantitative estimate of drug-likeness (QED) is 0.214. The highest BCUT2D eigenvalue weighted by atomic mass is 35.5. The molecule has 0 atom stereocenters. The van der Waals surface area contributed by atoms with Crippen molar-refractivity contribution in [2.45, 2.75) is 20.5 Å². The molecule has 0 unspecified atom stereocenters. The van der Waals surface area contributed by atoms with E-state index >= 15 is 0 Å². The van der Waals surface area contributed by atoms with Crippen molar-refractivity contribution in [1.29, 1.82) is 0 Å². The molecule has 8 heteroatoms. The number of amides is 1. The molecule has 1 heterocycles. The minimum Gasteiger partial charge on any atom is -0.488 e. The Morgan fingerprint density at radius 1 is 1.03 bits per heavy atom. The maximum Gasteiger partial charge on any atom is 0.270 e. The molecule has 180 valence electrons. The van der Waals surface area contributed by atoms with Crippen molar-refractivity contribution in [2.24, 2.45) is 0 Å². The molecular formula is C27H24Cl2N2O2S2. The second kappa shape index (κ2) is 11.5. The van der Waals surface area contributed by atoms with E-state index in [0.717, 1.165) is 29.9 Å². The minimum absolute atomic E-state index is 0.231. The molecule has 1 amide bonds. The maximum absolute atomic E-state index is 13.3. The summed E-state index contributed by atoms with van der Waals surface area (Å²) >= 11 is 19.1. The molecule has 4 nitrogen and oxygen atoms in total. The van der Waals surface area contributed by atoms with Crippen LogP contribution in [0.4, 0.5) is 11.4 Å². The van der Waals surface area contributed by atoms with E-state index in [0.29, 0.717) is 37.3 Å². The van der Waals surface area contributed by atoms with Gasteiger partial charge in [0.1, 0.15) is 12.4 Å². The van der Waals surface area contributed by atoms with E-state index in [9.17, 15) is 4.79 Å². The number of nitrogens with zero attached hydrogens (tertiary/aromatic N) is 2. The fraction of sp³-hybridized carbons (Fsp3) is 0.185. The Morgan fingerprint density at radius 2 is 1.77 bits per heavy atom. The standard InChI is InChI=1S/C27H24Cl2N2O2S2/c1-3-30(4-2)21-12-10-19(24(16-21)33-17-18-8-6-5-7-9-18)14-25-26(32)31(27(34)35-25)23-13-11-20(28)15-22(23)29/h5-16H,3-4,17H2,1-2H3/b25-14-. The van der Waals surface area contributed by atoms with Crippen LogP contribution in [0.3, 0.4) is 0 Å². The van der Waals surface area contributed by atoms with Crippen LogP contribution in [0.15, 0.2) is 71.6 Å². The summed E-state index contributed by atoms with van der Waals surface area (Å²) < 4.78 is 6.66. The number of benzene rings is 3. The lowest BCUT2D eigenvalue weighted by Gasteiger charge is -2.22. The largest absolute Gasteiger partial charge is 0.488 e. The molecule has 0 aliphatic carbocycles. The average Bonchev–Trinajstić information content (AvgIpc) is 3.13. The Balaban J connectivity index is 1.67. The third-order valence-corrected chi connectivity index (χ3v) is 7.43. The van der Waals surface area contributed by atoms with Gasteiger partial charge in [0.25, 0.3) is 5.91 Å². The summed E-state index contributed by atoms with van der Waals surface area (Å²) in [4.78, 5) is 17.5. The monoisotopic (exact) mass is 542 g/mol. The summed E-state index contributed by atoms with van der Waals surface area (Å²) in [5.41, 5.74) is 3.45. The molecule has 4 rings (SSSR count). The summed E-state index contributed by atoms with van der Waals surface area (Å²) in [7, 11) is 0. The molecule has 0 radical (unpaired) electrons. The van der Waals surface area contributed by atoms with Crippen LogP contribution in [-0.2, 0) is 11.4 Å². The van der Waals surface area contributed by atoms with Crippen LogP contribution in [0, 0.1) is 0 Å². The number of rotatable bonds is 8. The molecule has 1 aliphatic heterocycles. The number of carbonyl (C=O) groups excluding carboxylic acids is 1. The Bertz CT molecular complexity index is 1280. The van der Waals surface area contributed by atoms with Crippen LogP contribution in [-0.4, -0.2) is 23.3 Å². The number of thioether (sulfide) groups is 1. The fourth-order valence-corrected chi connectivity index (χ4v) is 5.54. The smallest absolute Gasteiger partial charge is 0.270 e. The van der Waals surface area contributed by atoms with E-state index in [4.69, 9.17) is 40.2 Å². The third-order valence-electron chi connectivity index (χ3n) is 5.59. The van der Waals surface area contributed by atoms with Gasteiger partial charge in [0, 0.05) is 35.4 Å². The number of hydrogen-bond acceptors (Lipinski definition) is 5. The predicted molar refractivity (Wildman–Crippen MR) is 153 cm³/mol. The SMILES string of the molecule is CCN(CC)c1ccc(/C=C2\SC(=S)N(c3ccc(Cl)cc3Cl)C2=O)c(OCc2ccccc2)c1. The first-order chi connectivity index (χ1) is 16.9. The zero-order valence-corrected chi connectivity index (χ0v) is 22.5. The lowest BCUT2D eigenvalue weighted by Crippen LogP contribution is -2.27. The van der Waals surface area contributed by atoms with E-state index in [1.54, 1.807) is 18.2 Å². The molecule has 1 saturated heterocycles. The van der Waals surface area contributed by atoms with Crippen LogP contribution in [0.1, 0.15) is 25.0 Å². The molecule has 0 aromatic heterocycles. The van der Waals surface area contributed by atoms with E-state index in [2.05, 4.69) is 18.7 Å². The minimum atomic E-state index is -0.231. The van der Waals surface area contributed by atoms with Gasteiger partial charge in [-0.15, -0.1) is 0 Å². The van der Waals surface area contributed by atoms with Gasteiger partial charge in [-0.3, -0.25) is 9.69 Å². The van der Waals surface area contributed by atoms with Crippen LogP contribution < -0.4 is 14.5 Å². The van der Waals surface area contributed by atoms with Gasteiger partial charge in [-0.25, -0.2) is 0 Å². The van der Waals surface area contributed by atoms with Crippen molar-refractivity contribution < 1.29 is 9.53 Å². The van der Waals surface area contributed by atoms with Crippen LogP contribution in [0.25, 0.3) is 6.08 Å². The normalized spacial score (nSPS) is 14.6. The molecule has 3 aromatic carbocycles. The Morgan fingerprint density at radius 3 is 2.46 bits per heavy atom. The number of thiocarbonyl (C=S) groups is 1. The van der Waals surface area contributed by atoms with E-state index in [1.807, 2.05) is 54.6 Å². The topological polar surface area (TPSA) is 32.8 Å². The van der Waals surface area contributed by atoms with Gasteiger partial charge < -0.3 is 9.64 Å². The van der Waals surface area contributed by atoms with Crippen molar-refractivity contribution in [3.05, 3.63) is 92.8 Å². The highest BCUT2D eigenvalue weighted by Gasteiger charge is 2.34. The van der Waals surface area contributed by atoms with E-state index in [-0.39, 0.29) is 5.91 Å². The van der Waals surface area contributed by atoms with Crippen molar-refractivity contribution in [1.82, 2.24) is 0 Å². The van der Waals surface area contributed by atoms with Gasteiger partial charge >= 0.3 is 0 Å². The molecule has 0 N–H and O–H groups in total. The lowest BCUT2D eigenvalue weighted by molar-refractivity contribution is -0.113. The van der Waals surface area contributed by atoms with Crippen molar-refractivity contribution in [3.8, 4) is 5.75 Å². The Labute approximate surface area is 225 Å². The van der Waals surface area contributed by atoms with Crippen molar-refractivity contribution >= 4 is 74.9 Å². The van der Waals surface area contributed by atoms with Crippen molar-refractivity contribution in [3.63, 3.8) is 0 Å². The predicted octanol–water partition coefficient (Wildman–Crippen LogP) is 7.82. The van der Waals surface area contributed by atoms with Gasteiger partial charge in [-0.05, 0) is 55.8 Å². The van der Waals surface area contributed by atoms with Crippen LogP contribution in [0.5, 0.6) is 5.75 Å². The van der Waals surface area contributed by atoms with Gasteiger partial charge in [0.2, 0.25) is 0 Å². The van der Waals surface area contributed by atoms with Crippen molar-refractivity contribution in [2.75, 3.05) is 22.9 Å². The van der Waals surface area contributed by atoms with E-state index in [1.165, 1.54) is 16.7 Å². The van der Waals surface area contributed by atoms with Crippen LogP contribution >= 0.6 is 47.2 Å². The summed E-state index contributed by atoms with van der Waals surface area (Å²) in [6.45, 7) is 6.43. The number of hydrogen-bond donors (Lipinski definition) is 0. The second-order valence-corrected chi connectivity index (χ2v) is 10.3. The first-order valence-electron chi connectivity index (χ1n) is 11.2. The molecule has 1 aliphatic rings. The number of carbonyl (C=O) groups is 1. The van der Waals surface area contributed by atoms with Gasteiger partial charge in [-0.2, -0.15) is 0 Å². The Kier molecular flexibility index (Phi) is 8.39.